The van der Waals surface area contributed by atoms with Gasteiger partial charge in [-0.1, -0.05) is 24.3 Å². The first-order valence-electron chi connectivity index (χ1n) is 7.58. The van der Waals surface area contributed by atoms with Gasteiger partial charge in [0.15, 0.2) is 24.8 Å². The van der Waals surface area contributed by atoms with E-state index in [0.717, 1.165) is 0 Å². The summed E-state index contributed by atoms with van der Waals surface area (Å²) in [5.74, 6) is -1.42. The van der Waals surface area contributed by atoms with Crippen molar-refractivity contribution < 1.29 is 38.7 Å². The molecular weight excluding hydrogens is 320 g/mol. The quantitative estimate of drug-likeness (QED) is 0.571. The second-order valence-corrected chi connectivity index (χ2v) is 4.99. The van der Waals surface area contributed by atoms with E-state index in [1.807, 2.05) is 0 Å². The van der Waals surface area contributed by atoms with Crippen LogP contribution in [0, 0.1) is 0 Å². The molecule has 0 radical (unpaired) electrons. The molecule has 1 fully saturated rings. The molecule has 0 saturated carbocycles. The molecule has 8 heteroatoms. The van der Waals surface area contributed by atoms with Crippen LogP contribution in [0.4, 0.5) is 0 Å². The third kappa shape index (κ3) is 4.09. The van der Waals surface area contributed by atoms with Crippen molar-refractivity contribution in [3.8, 4) is 0 Å². The predicted octanol–water partition coefficient (Wildman–Crippen LogP) is 0.579. The van der Waals surface area contributed by atoms with Crippen molar-refractivity contribution in [2.24, 2.45) is 0 Å². The summed E-state index contributed by atoms with van der Waals surface area (Å²) in [4.78, 5) is 24.0. The smallest absolute Gasteiger partial charge is 0.338 e. The molecule has 132 valence electrons. The van der Waals surface area contributed by atoms with Crippen LogP contribution in [0.15, 0.2) is 24.3 Å². The van der Waals surface area contributed by atoms with Gasteiger partial charge in [0.05, 0.1) is 13.2 Å². The van der Waals surface area contributed by atoms with Crippen molar-refractivity contribution >= 4 is 11.9 Å². The zero-order valence-electron chi connectivity index (χ0n) is 13.4. The molecule has 1 aliphatic heterocycles. The van der Waals surface area contributed by atoms with Gasteiger partial charge in [-0.3, -0.25) is 0 Å². The highest BCUT2D eigenvalue weighted by Gasteiger charge is 2.47. The lowest BCUT2D eigenvalue weighted by Crippen LogP contribution is -2.39. The van der Waals surface area contributed by atoms with E-state index in [1.165, 1.54) is 12.1 Å². The van der Waals surface area contributed by atoms with E-state index in [1.54, 1.807) is 26.0 Å². The summed E-state index contributed by atoms with van der Waals surface area (Å²) in [5, 5.41) is 18.2. The van der Waals surface area contributed by atoms with E-state index < -0.39 is 36.7 Å². The second kappa shape index (κ2) is 8.20. The third-order valence-corrected chi connectivity index (χ3v) is 3.36. The van der Waals surface area contributed by atoms with Crippen LogP contribution in [0.1, 0.15) is 37.6 Å². The molecule has 8 nitrogen and oxygen atoms in total. The molecule has 1 aromatic rings. The van der Waals surface area contributed by atoms with Crippen molar-refractivity contribution in [1.82, 2.24) is 0 Å². The number of benzene rings is 1. The van der Waals surface area contributed by atoms with Gasteiger partial charge in [-0.2, -0.15) is 0 Å². The minimum absolute atomic E-state index is 0.141. The molecule has 1 aromatic carbocycles. The van der Waals surface area contributed by atoms with Crippen LogP contribution >= 0.6 is 0 Å². The Kier molecular flexibility index (Phi) is 6.27. The molecule has 2 unspecified atom stereocenters. The number of carbonyl (C=O) groups excluding carboxylic acids is 2. The fraction of sp³-hybridized carbons (Fsp3) is 0.500. The maximum absolute atomic E-state index is 12.0. The molecule has 1 saturated heterocycles. The lowest BCUT2D eigenvalue weighted by atomic mass is 10.1. The topological polar surface area (TPSA) is 112 Å². The van der Waals surface area contributed by atoms with Gasteiger partial charge in [-0.25, -0.2) is 9.59 Å². The highest BCUT2D eigenvalue weighted by Crippen LogP contribution is 2.33. The van der Waals surface area contributed by atoms with E-state index in [4.69, 9.17) is 29.2 Å². The van der Waals surface area contributed by atoms with Gasteiger partial charge < -0.3 is 29.2 Å². The predicted molar refractivity (Wildman–Crippen MR) is 79.4 cm³/mol. The van der Waals surface area contributed by atoms with Crippen LogP contribution in [0.2, 0.25) is 0 Å². The summed E-state index contributed by atoms with van der Waals surface area (Å²) in [7, 11) is 0. The normalized spacial score (nSPS) is 23.3. The first-order chi connectivity index (χ1) is 11.5. The van der Waals surface area contributed by atoms with Gasteiger partial charge >= 0.3 is 11.9 Å². The van der Waals surface area contributed by atoms with Crippen LogP contribution in [0.25, 0.3) is 0 Å². The Labute approximate surface area is 138 Å². The molecule has 0 bridgehead atoms. The molecular formula is C16H20O8. The van der Waals surface area contributed by atoms with Crippen LogP contribution < -0.4 is 0 Å². The number of hydrogen-bond donors (Lipinski definition) is 2. The fourth-order valence-corrected chi connectivity index (χ4v) is 2.23. The minimum Gasteiger partial charge on any atom is -0.464 e. The Morgan fingerprint density at radius 3 is 1.83 bits per heavy atom. The number of hydrogen-bond acceptors (Lipinski definition) is 8. The molecule has 1 aliphatic rings. The van der Waals surface area contributed by atoms with Gasteiger partial charge in [-0.05, 0) is 13.8 Å². The van der Waals surface area contributed by atoms with Crippen LogP contribution in [0.3, 0.4) is 0 Å². The summed E-state index contributed by atoms with van der Waals surface area (Å²) in [5.41, 5.74) is 0.807. The Balaban J connectivity index is 2.17. The van der Waals surface area contributed by atoms with Gasteiger partial charge in [0.25, 0.3) is 0 Å². The van der Waals surface area contributed by atoms with Crippen molar-refractivity contribution in [2.75, 3.05) is 13.2 Å². The highest BCUT2D eigenvalue weighted by atomic mass is 16.8. The fourth-order valence-electron chi connectivity index (χ4n) is 2.23. The Bertz CT molecular complexity index is 542. The lowest BCUT2D eigenvalue weighted by Gasteiger charge is -2.13. The maximum atomic E-state index is 12.0. The summed E-state index contributed by atoms with van der Waals surface area (Å²) in [6, 6.07) is 6.05. The van der Waals surface area contributed by atoms with Crippen LogP contribution in [-0.4, -0.2) is 47.6 Å². The first-order valence-corrected chi connectivity index (χ1v) is 7.58. The van der Waals surface area contributed by atoms with Gasteiger partial charge in [-0.15, -0.1) is 0 Å². The van der Waals surface area contributed by atoms with Crippen molar-refractivity contribution in [1.29, 1.82) is 0 Å². The highest BCUT2D eigenvalue weighted by molar-refractivity contribution is 5.86. The zero-order valence-corrected chi connectivity index (χ0v) is 13.4. The van der Waals surface area contributed by atoms with Crippen molar-refractivity contribution in [2.45, 2.75) is 38.6 Å². The van der Waals surface area contributed by atoms with E-state index >= 15 is 0 Å². The Morgan fingerprint density at radius 2 is 1.46 bits per heavy atom. The molecule has 24 heavy (non-hydrogen) atoms. The van der Waals surface area contributed by atoms with Gasteiger partial charge in [0.2, 0.25) is 0 Å². The Hall–Kier alpha value is -2.00. The molecule has 1 heterocycles. The Morgan fingerprint density at radius 1 is 1.00 bits per heavy atom. The number of ether oxygens (including phenoxy) is 4. The minimum atomic E-state index is -1.59. The molecule has 0 spiro atoms. The van der Waals surface area contributed by atoms with Gasteiger partial charge in [0, 0.05) is 11.1 Å². The molecule has 0 aliphatic carbocycles. The summed E-state index contributed by atoms with van der Waals surface area (Å²) < 4.78 is 20.8. The molecule has 2 N–H and O–H groups in total. The lowest BCUT2D eigenvalue weighted by molar-refractivity contribution is -0.163. The third-order valence-electron chi connectivity index (χ3n) is 3.36. The largest absolute Gasteiger partial charge is 0.464 e. The van der Waals surface area contributed by atoms with Gasteiger partial charge in [0.1, 0.15) is 0 Å². The van der Waals surface area contributed by atoms with Crippen molar-refractivity contribution in [3.05, 3.63) is 35.4 Å². The monoisotopic (exact) mass is 340 g/mol. The summed E-state index contributed by atoms with van der Waals surface area (Å²) in [6.45, 7) is 3.57. The summed E-state index contributed by atoms with van der Waals surface area (Å²) >= 11 is 0. The molecule has 2 rings (SSSR count). The summed E-state index contributed by atoms with van der Waals surface area (Å²) in [6.07, 6.45) is -5.02. The molecule has 2 atom stereocenters. The number of carbonyl (C=O) groups is 2. The SMILES string of the molecule is CCOC(=O)C1OC(c2ccc(C(O)O)cc2)OC1C(=O)OCC. The van der Waals surface area contributed by atoms with Crippen LogP contribution in [-0.2, 0) is 28.5 Å². The zero-order chi connectivity index (χ0) is 17.7. The maximum Gasteiger partial charge on any atom is 0.338 e. The average molecular weight is 340 g/mol. The van der Waals surface area contributed by atoms with E-state index in [2.05, 4.69) is 0 Å². The van der Waals surface area contributed by atoms with Crippen molar-refractivity contribution in [3.63, 3.8) is 0 Å². The van der Waals surface area contributed by atoms with E-state index in [-0.39, 0.29) is 13.2 Å². The number of aliphatic hydroxyl groups excluding tert-OH is 1. The van der Waals surface area contributed by atoms with E-state index in [9.17, 15) is 9.59 Å². The first kappa shape index (κ1) is 18.3. The number of esters is 2. The number of aliphatic hydroxyl groups is 2. The van der Waals surface area contributed by atoms with Crippen LogP contribution in [0.5, 0.6) is 0 Å². The standard InChI is InChI=1S/C16H20O8/c1-3-21-14(19)11-12(15(20)22-4-2)24-16(23-11)10-7-5-9(6-8-10)13(17)18/h5-8,11-13,16-18H,3-4H2,1-2H3. The molecule has 0 aromatic heterocycles. The van der Waals surface area contributed by atoms with E-state index in [0.29, 0.717) is 11.1 Å². The molecule has 0 amide bonds. The average Bonchev–Trinajstić information content (AvgIpc) is 3.01. The second-order valence-electron chi connectivity index (χ2n) is 4.99. The number of rotatable bonds is 6.